The topological polar surface area (TPSA) is 46.9 Å². The molecule has 1 atom stereocenters. The molecule has 0 aliphatic heterocycles. The summed E-state index contributed by atoms with van der Waals surface area (Å²) in [5.41, 5.74) is 0.938. The fraction of sp³-hybridized carbons (Fsp3) is 0.111. The van der Waals surface area contributed by atoms with Gasteiger partial charge >= 0.3 is 0 Å². The number of carbonyl (C=O) groups excluding carboxylic acids is 1. The first-order valence-corrected chi connectivity index (χ1v) is 8.20. The van der Waals surface area contributed by atoms with E-state index in [2.05, 4.69) is 10.3 Å². The van der Waals surface area contributed by atoms with Gasteiger partial charge in [-0.2, -0.15) is 0 Å². The van der Waals surface area contributed by atoms with Gasteiger partial charge in [-0.25, -0.2) is 9.37 Å². The van der Waals surface area contributed by atoms with Crippen molar-refractivity contribution in [3.8, 4) is 0 Å². The van der Waals surface area contributed by atoms with Crippen molar-refractivity contribution >= 4 is 29.1 Å². The molecule has 0 aliphatic rings. The van der Waals surface area contributed by atoms with Crippen molar-refractivity contribution in [2.75, 3.05) is 0 Å². The number of hydrogen-bond donors (Lipinski definition) is 1. The van der Waals surface area contributed by atoms with E-state index in [9.17, 15) is 9.18 Å². The summed E-state index contributed by atoms with van der Waals surface area (Å²) < 4.78 is 15.4. The standard InChI is InChI=1S/C18H14Cl2FN3O/c1-24-8-7-22-17(24)16(11-3-2-4-13(21)9-11)23-18(25)12-5-6-14(19)15(20)10-12/h2-10,16H,1H3,(H,23,25). The largest absolute Gasteiger partial charge is 0.338 e. The van der Waals surface area contributed by atoms with Gasteiger partial charge in [0.2, 0.25) is 0 Å². The van der Waals surface area contributed by atoms with E-state index in [1.54, 1.807) is 48.3 Å². The summed E-state index contributed by atoms with van der Waals surface area (Å²) in [6.45, 7) is 0. The monoisotopic (exact) mass is 377 g/mol. The van der Waals surface area contributed by atoms with Crippen molar-refractivity contribution in [1.82, 2.24) is 14.9 Å². The fourth-order valence-electron chi connectivity index (χ4n) is 2.49. The maximum absolute atomic E-state index is 13.7. The Balaban J connectivity index is 1.96. The third-order valence-electron chi connectivity index (χ3n) is 3.76. The van der Waals surface area contributed by atoms with Crippen molar-refractivity contribution < 1.29 is 9.18 Å². The highest BCUT2D eigenvalue weighted by Crippen LogP contribution is 2.25. The highest BCUT2D eigenvalue weighted by Gasteiger charge is 2.22. The first-order chi connectivity index (χ1) is 12.0. The molecular weight excluding hydrogens is 364 g/mol. The Labute approximate surface area is 154 Å². The molecule has 0 saturated carbocycles. The van der Waals surface area contributed by atoms with Crippen LogP contribution >= 0.6 is 23.2 Å². The molecule has 0 aliphatic carbocycles. The van der Waals surface area contributed by atoms with Crippen LogP contribution in [0.3, 0.4) is 0 Å². The van der Waals surface area contributed by atoms with Crippen LogP contribution in [0.1, 0.15) is 27.8 Å². The van der Waals surface area contributed by atoms with Gasteiger partial charge in [0.1, 0.15) is 17.7 Å². The Hall–Kier alpha value is -2.37. The maximum atomic E-state index is 13.7. The van der Waals surface area contributed by atoms with Crippen LogP contribution < -0.4 is 5.32 Å². The number of rotatable bonds is 4. The summed E-state index contributed by atoms with van der Waals surface area (Å²) in [7, 11) is 1.81. The molecule has 4 nitrogen and oxygen atoms in total. The van der Waals surface area contributed by atoms with Gasteiger partial charge < -0.3 is 9.88 Å². The summed E-state index contributed by atoms with van der Waals surface area (Å²) in [5.74, 6) is -0.171. The average molecular weight is 378 g/mol. The number of imidazole rings is 1. The summed E-state index contributed by atoms with van der Waals surface area (Å²) in [6.07, 6.45) is 3.37. The van der Waals surface area contributed by atoms with E-state index in [4.69, 9.17) is 23.2 Å². The number of nitrogens with zero attached hydrogens (tertiary/aromatic N) is 2. The van der Waals surface area contributed by atoms with E-state index < -0.39 is 6.04 Å². The molecule has 0 saturated heterocycles. The Morgan fingerprint density at radius 2 is 2.00 bits per heavy atom. The minimum absolute atomic E-state index is 0.286. The predicted octanol–water partition coefficient (Wildman–Crippen LogP) is 4.39. The van der Waals surface area contributed by atoms with Gasteiger partial charge in [-0.3, -0.25) is 4.79 Å². The Morgan fingerprint density at radius 3 is 2.64 bits per heavy atom. The normalized spacial score (nSPS) is 12.0. The van der Waals surface area contributed by atoms with E-state index in [-0.39, 0.29) is 16.7 Å². The first-order valence-electron chi connectivity index (χ1n) is 7.44. The van der Waals surface area contributed by atoms with E-state index in [1.807, 2.05) is 0 Å². The maximum Gasteiger partial charge on any atom is 0.252 e. The predicted molar refractivity (Wildman–Crippen MR) is 95.4 cm³/mol. The number of aromatic nitrogens is 2. The zero-order chi connectivity index (χ0) is 18.0. The summed E-state index contributed by atoms with van der Waals surface area (Å²) >= 11 is 11.9. The number of hydrogen-bond acceptors (Lipinski definition) is 2. The minimum Gasteiger partial charge on any atom is -0.338 e. The lowest BCUT2D eigenvalue weighted by Crippen LogP contribution is -2.31. The molecule has 0 fully saturated rings. The summed E-state index contributed by atoms with van der Waals surface area (Å²) in [4.78, 5) is 16.9. The van der Waals surface area contributed by atoms with Crippen LogP contribution in [0.25, 0.3) is 0 Å². The number of nitrogens with one attached hydrogen (secondary N) is 1. The Bertz CT molecular complexity index is 926. The van der Waals surface area contributed by atoms with Crippen molar-refractivity contribution in [2.45, 2.75) is 6.04 Å². The third-order valence-corrected chi connectivity index (χ3v) is 4.49. The first kappa shape index (κ1) is 17.5. The van der Waals surface area contributed by atoms with E-state index in [0.717, 1.165) is 0 Å². The van der Waals surface area contributed by atoms with E-state index in [1.165, 1.54) is 18.2 Å². The van der Waals surface area contributed by atoms with Crippen LogP contribution in [0, 0.1) is 5.82 Å². The van der Waals surface area contributed by atoms with Crippen LogP contribution in [-0.4, -0.2) is 15.5 Å². The second kappa shape index (κ2) is 7.25. The number of halogens is 3. The molecule has 0 bridgehead atoms. The number of aryl methyl sites for hydroxylation is 1. The van der Waals surface area contributed by atoms with Gasteiger partial charge in [0.15, 0.2) is 0 Å². The molecule has 1 amide bonds. The smallest absolute Gasteiger partial charge is 0.252 e. The number of benzene rings is 2. The van der Waals surface area contributed by atoms with Gasteiger partial charge in [-0.05, 0) is 35.9 Å². The number of amides is 1. The third kappa shape index (κ3) is 3.83. The molecule has 128 valence electrons. The van der Waals surface area contributed by atoms with Crippen molar-refractivity contribution in [3.63, 3.8) is 0 Å². The molecule has 3 rings (SSSR count). The zero-order valence-electron chi connectivity index (χ0n) is 13.2. The van der Waals surface area contributed by atoms with Crippen LogP contribution in [0.4, 0.5) is 4.39 Å². The second-order valence-electron chi connectivity index (χ2n) is 5.49. The van der Waals surface area contributed by atoms with Gasteiger partial charge in [-0.15, -0.1) is 0 Å². The molecule has 2 aromatic carbocycles. The summed E-state index contributed by atoms with van der Waals surface area (Å²) in [5, 5.41) is 3.53. The molecule has 7 heteroatoms. The van der Waals surface area contributed by atoms with Crippen molar-refractivity contribution in [3.05, 3.63) is 87.7 Å². The van der Waals surface area contributed by atoms with Crippen LogP contribution in [0.5, 0.6) is 0 Å². The molecule has 25 heavy (non-hydrogen) atoms. The van der Waals surface area contributed by atoms with Crippen LogP contribution in [0.15, 0.2) is 54.9 Å². The molecule has 3 aromatic rings. The molecular formula is C18H14Cl2FN3O. The van der Waals surface area contributed by atoms with Crippen LogP contribution in [-0.2, 0) is 7.05 Å². The van der Waals surface area contributed by atoms with Crippen molar-refractivity contribution in [1.29, 1.82) is 0 Å². The van der Waals surface area contributed by atoms with E-state index >= 15 is 0 Å². The van der Waals surface area contributed by atoms with Gasteiger partial charge in [-0.1, -0.05) is 35.3 Å². The van der Waals surface area contributed by atoms with Crippen molar-refractivity contribution in [2.24, 2.45) is 7.05 Å². The average Bonchev–Trinajstić information content (AvgIpc) is 3.00. The Morgan fingerprint density at radius 1 is 1.20 bits per heavy atom. The van der Waals surface area contributed by atoms with E-state index in [0.29, 0.717) is 22.0 Å². The second-order valence-corrected chi connectivity index (χ2v) is 6.30. The fourth-order valence-corrected chi connectivity index (χ4v) is 2.79. The Kier molecular flexibility index (Phi) is 5.06. The minimum atomic E-state index is -0.613. The molecule has 1 unspecified atom stereocenters. The molecule has 1 aromatic heterocycles. The summed E-state index contributed by atoms with van der Waals surface area (Å²) in [6, 6.07) is 10.0. The van der Waals surface area contributed by atoms with Gasteiger partial charge in [0, 0.05) is 25.0 Å². The van der Waals surface area contributed by atoms with Gasteiger partial charge in [0.05, 0.1) is 10.0 Å². The quantitative estimate of drug-likeness (QED) is 0.732. The lowest BCUT2D eigenvalue weighted by atomic mass is 10.0. The number of carbonyl (C=O) groups is 1. The SMILES string of the molecule is Cn1ccnc1C(NC(=O)c1ccc(Cl)c(Cl)c1)c1cccc(F)c1. The van der Waals surface area contributed by atoms with Crippen LogP contribution in [0.2, 0.25) is 10.0 Å². The molecule has 1 heterocycles. The zero-order valence-corrected chi connectivity index (χ0v) is 14.7. The highest BCUT2D eigenvalue weighted by atomic mass is 35.5. The lowest BCUT2D eigenvalue weighted by molar-refractivity contribution is 0.0941. The molecule has 0 radical (unpaired) electrons. The van der Waals surface area contributed by atoms with Gasteiger partial charge in [0.25, 0.3) is 5.91 Å². The highest BCUT2D eigenvalue weighted by molar-refractivity contribution is 6.42. The molecule has 1 N–H and O–H groups in total. The molecule has 0 spiro atoms. The lowest BCUT2D eigenvalue weighted by Gasteiger charge is -2.19.